The molecular formula is C28H37N3O4. The second-order valence-corrected chi connectivity index (χ2v) is 9.74. The monoisotopic (exact) mass is 479 g/mol. The van der Waals surface area contributed by atoms with Crippen LogP contribution in [0.4, 0.5) is 11.4 Å². The molecule has 0 heterocycles. The van der Waals surface area contributed by atoms with Gasteiger partial charge in [0.1, 0.15) is 0 Å². The Balaban J connectivity index is 1.35. The van der Waals surface area contributed by atoms with E-state index in [1.165, 1.54) is 12.7 Å². The van der Waals surface area contributed by atoms with Gasteiger partial charge in [-0.15, -0.1) is 0 Å². The Labute approximate surface area is 207 Å². The van der Waals surface area contributed by atoms with Crippen LogP contribution in [0.1, 0.15) is 63.0 Å². The maximum Gasteiger partial charge on any atom is 0.308 e. The van der Waals surface area contributed by atoms with Crippen LogP contribution < -0.4 is 16.4 Å². The van der Waals surface area contributed by atoms with Crippen molar-refractivity contribution in [3.63, 3.8) is 0 Å². The number of esters is 1. The summed E-state index contributed by atoms with van der Waals surface area (Å²) in [6, 6.07) is 15.9. The number of nitrogens with one attached hydrogen (secondary N) is 2. The summed E-state index contributed by atoms with van der Waals surface area (Å²) in [5.41, 5.74) is 9.78. The number of hydrogen-bond donors (Lipinski definition) is 3. The molecule has 0 aromatic heterocycles. The van der Waals surface area contributed by atoms with Gasteiger partial charge in [-0.25, -0.2) is 0 Å². The first-order valence-electron chi connectivity index (χ1n) is 12.4. The molecule has 3 rings (SSSR count). The Kier molecular flexibility index (Phi) is 9.43. The third-order valence-corrected chi connectivity index (χ3v) is 6.46. The van der Waals surface area contributed by atoms with Gasteiger partial charge in [-0.05, 0) is 67.0 Å². The molecule has 1 saturated carbocycles. The number of amides is 2. The summed E-state index contributed by atoms with van der Waals surface area (Å²) in [4.78, 5) is 36.1. The Morgan fingerprint density at radius 2 is 1.54 bits per heavy atom. The SMILES string of the molecule is COC(=O)C(C)CC(C)CC(=O)Nc1ccc(CCCC(=O)Nc2ccc(C3CC3N)cc2)cc1. The minimum absolute atomic E-state index is 0.000365. The van der Waals surface area contributed by atoms with E-state index in [-0.39, 0.29) is 35.7 Å². The molecule has 1 fully saturated rings. The van der Waals surface area contributed by atoms with Crippen LogP contribution >= 0.6 is 0 Å². The average Bonchev–Trinajstić information content (AvgIpc) is 3.56. The number of carbonyl (C=O) groups excluding carboxylic acids is 3. The molecule has 4 N–H and O–H groups in total. The molecule has 35 heavy (non-hydrogen) atoms. The van der Waals surface area contributed by atoms with Crippen LogP contribution in [0.5, 0.6) is 0 Å². The van der Waals surface area contributed by atoms with Crippen LogP contribution in [0.2, 0.25) is 0 Å². The smallest absolute Gasteiger partial charge is 0.308 e. The fraction of sp³-hybridized carbons (Fsp3) is 0.464. The standard InChI is InChI=1S/C28H37N3O4/c1-18(15-19(2)28(34)35-3)16-27(33)31-22-11-7-20(8-12-22)5-4-6-26(32)30-23-13-9-21(10-14-23)24-17-25(24)29/h7-14,18-19,24-25H,4-6,15-17,29H2,1-3H3,(H,30,32)(H,31,33). The highest BCUT2D eigenvalue weighted by Gasteiger charge is 2.34. The first kappa shape index (κ1) is 26.4. The lowest BCUT2D eigenvalue weighted by Gasteiger charge is -2.15. The largest absolute Gasteiger partial charge is 0.469 e. The van der Waals surface area contributed by atoms with Gasteiger partial charge in [0.2, 0.25) is 11.8 Å². The summed E-state index contributed by atoms with van der Waals surface area (Å²) in [5, 5.41) is 5.86. The van der Waals surface area contributed by atoms with Crippen molar-refractivity contribution in [3.05, 3.63) is 59.7 Å². The number of ether oxygens (including phenoxy) is 1. The molecule has 4 unspecified atom stereocenters. The normalized spacial score (nSPS) is 18.3. The summed E-state index contributed by atoms with van der Waals surface area (Å²) < 4.78 is 4.74. The summed E-state index contributed by atoms with van der Waals surface area (Å²) in [6.45, 7) is 3.77. The molecule has 1 aliphatic rings. The Bertz CT molecular complexity index is 1000. The number of rotatable bonds is 12. The van der Waals surface area contributed by atoms with Gasteiger partial charge in [0.05, 0.1) is 13.0 Å². The molecule has 2 aromatic rings. The van der Waals surface area contributed by atoms with Gasteiger partial charge in [-0.2, -0.15) is 0 Å². The van der Waals surface area contributed by atoms with E-state index in [4.69, 9.17) is 10.5 Å². The topological polar surface area (TPSA) is 111 Å². The highest BCUT2D eigenvalue weighted by molar-refractivity contribution is 5.91. The molecule has 188 valence electrons. The van der Waals surface area contributed by atoms with E-state index >= 15 is 0 Å². The maximum atomic E-state index is 12.3. The molecule has 0 aliphatic heterocycles. The first-order chi connectivity index (χ1) is 16.7. The van der Waals surface area contributed by atoms with Gasteiger partial charge in [0.15, 0.2) is 0 Å². The Morgan fingerprint density at radius 3 is 2.11 bits per heavy atom. The first-order valence-corrected chi connectivity index (χ1v) is 12.4. The number of nitrogens with two attached hydrogens (primary N) is 1. The van der Waals surface area contributed by atoms with E-state index in [0.717, 1.165) is 36.2 Å². The molecule has 0 saturated heterocycles. The van der Waals surface area contributed by atoms with Crippen molar-refractivity contribution >= 4 is 29.2 Å². The number of anilines is 2. The summed E-state index contributed by atoms with van der Waals surface area (Å²) >= 11 is 0. The molecule has 0 spiro atoms. The molecular weight excluding hydrogens is 442 g/mol. The quantitative estimate of drug-likeness (QED) is 0.385. The van der Waals surface area contributed by atoms with Crippen molar-refractivity contribution in [1.82, 2.24) is 0 Å². The number of hydrogen-bond acceptors (Lipinski definition) is 5. The molecule has 2 amide bonds. The van der Waals surface area contributed by atoms with E-state index < -0.39 is 0 Å². The molecule has 0 bridgehead atoms. The van der Waals surface area contributed by atoms with Crippen LogP contribution in [0.15, 0.2) is 48.5 Å². The zero-order chi connectivity index (χ0) is 25.4. The van der Waals surface area contributed by atoms with Gasteiger partial charge < -0.3 is 21.1 Å². The van der Waals surface area contributed by atoms with Gasteiger partial charge in [-0.3, -0.25) is 14.4 Å². The summed E-state index contributed by atoms with van der Waals surface area (Å²) in [6.07, 6.45) is 3.94. The van der Waals surface area contributed by atoms with Crippen LogP contribution in [-0.4, -0.2) is 30.9 Å². The lowest BCUT2D eigenvalue weighted by Crippen LogP contribution is -2.20. The molecule has 2 aromatic carbocycles. The highest BCUT2D eigenvalue weighted by atomic mass is 16.5. The van der Waals surface area contributed by atoms with E-state index in [2.05, 4.69) is 10.6 Å². The minimum Gasteiger partial charge on any atom is -0.469 e. The van der Waals surface area contributed by atoms with Crippen molar-refractivity contribution < 1.29 is 19.1 Å². The lowest BCUT2D eigenvalue weighted by atomic mass is 9.94. The van der Waals surface area contributed by atoms with Crippen LogP contribution in [-0.2, 0) is 25.5 Å². The van der Waals surface area contributed by atoms with E-state index in [1.807, 2.05) is 62.4 Å². The van der Waals surface area contributed by atoms with E-state index in [1.54, 1.807) is 0 Å². The van der Waals surface area contributed by atoms with Crippen LogP contribution in [0, 0.1) is 11.8 Å². The molecule has 7 heteroatoms. The third-order valence-electron chi connectivity index (χ3n) is 6.46. The van der Waals surface area contributed by atoms with Crippen LogP contribution in [0.25, 0.3) is 0 Å². The second-order valence-electron chi connectivity index (χ2n) is 9.74. The van der Waals surface area contributed by atoms with Crippen LogP contribution in [0.3, 0.4) is 0 Å². The maximum absolute atomic E-state index is 12.3. The van der Waals surface area contributed by atoms with Gasteiger partial charge in [-0.1, -0.05) is 38.1 Å². The molecule has 7 nitrogen and oxygen atoms in total. The molecule has 1 aliphatic carbocycles. The fourth-order valence-corrected chi connectivity index (χ4v) is 4.36. The predicted octanol–water partition coefficient (Wildman–Crippen LogP) is 4.63. The Hall–Kier alpha value is -3.19. The predicted molar refractivity (Wildman–Crippen MR) is 138 cm³/mol. The second kappa shape index (κ2) is 12.5. The summed E-state index contributed by atoms with van der Waals surface area (Å²) in [7, 11) is 1.38. The number of benzene rings is 2. The fourth-order valence-electron chi connectivity index (χ4n) is 4.36. The number of carbonyl (C=O) groups is 3. The Morgan fingerprint density at radius 1 is 0.971 bits per heavy atom. The molecule has 4 atom stereocenters. The summed E-state index contributed by atoms with van der Waals surface area (Å²) in [5.74, 6) is -0.0174. The molecule has 0 radical (unpaired) electrons. The zero-order valence-corrected chi connectivity index (χ0v) is 20.9. The van der Waals surface area contributed by atoms with Gasteiger partial charge >= 0.3 is 5.97 Å². The van der Waals surface area contributed by atoms with Gasteiger partial charge in [0.25, 0.3) is 0 Å². The van der Waals surface area contributed by atoms with Crippen molar-refractivity contribution in [3.8, 4) is 0 Å². The van der Waals surface area contributed by atoms with Crippen molar-refractivity contribution in [2.24, 2.45) is 17.6 Å². The third kappa shape index (κ3) is 8.51. The minimum atomic E-state index is -0.251. The van der Waals surface area contributed by atoms with Gasteiger partial charge in [0, 0.05) is 36.2 Å². The van der Waals surface area contributed by atoms with E-state index in [9.17, 15) is 14.4 Å². The van der Waals surface area contributed by atoms with Crippen molar-refractivity contribution in [2.75, 3.05) is 17.7 Å². The van der Waals surface area contributed by atoms with Crippen molar-refractivity contribution in [1.29, 1.82) is 0 Å². The highest BCUT2D eigenvalue weighted by Crippen LogP contribution is 2.39. The van der Waals surface area contributed by atoms with Crippen molar-refractivity contribution in [2.45, 2.75) is 64.3 Å². The lowest BCUT2D eigenvalue weighted by molar-refractivity contribution is -0.145. The zero-order valence-electron chi connectivity index (χ0n) is 20.9. The number of aryl methyl sites for hydroxylation is 1. The average molecular weight is 480 g/mol. The van der Waals surface area contributed by atoms with E-state index in [0.29, 0.717) is 25.2 Å². The number of methoxy groups -OCH3 is 1.